The van der Waals surface area contributed by atoms with Crippen LogP contribution in [0.1, 0.15) is 0 Å². The Morgan fingerprint density at radius 3 is 1.56 bits per heavy atom. The Kier molecular flexibility index (Phi) is 7.85. The summed E-state index contributed by atoms with van der Waals surface area (Å²) in [6, 6.07) is 75.8. The SMILES string of the molecule is c1ccc(-c2ccc(N(c3ccc(-c4cccc(-c5ccccc5)c4)cc3)c3cccc(-c4cccc5oc6c7ccccc7ccc6c45)c3)cc2)cc1. The number of hydrogen-bond acceptors (Lipinski definition) is 2. The van der Waals surface area contributed by atoms with Crippen molar-refractivity contribution in [2.75, 3.05) is 4.90 Å². The number of nitrogens with zero attached hydrogens (tertiary/aromatic N) is 1. The highest BCUT2D eigenvalue weighted by molar-refractivity contribution is 6.19. The lowest BCUT2D eigenvalue weighted by atomic mass is 9.97. The summed E-state index contributed by atoms with van der Waals surface area (Å²) in [5.74, 6) is 0. The maximum atomic E-state index is 6.56. The third-order valence-corrected chi connectivity index (χ3v) is 10.5. The number of hydrogen-bond donors (Lipinski definition) is 0. The molecule has 0 spiro atoms. The van der Waals surface area contributed by atoms with Crippen LogP contribution in [0.25, 0.3) is 77.2 Å². The Morgan fingerprint density at radius 2 is 0.852 bits per heavy atom. The summed E-state index contributed by atoms with van der Waals surface area (Å²) in [6.45, 7) is 0. The van der Waals surface area contributed by atoms with E-state index in [1.807, 2.05) is 0 Å². The lowest BCUT2D eigenvalue weighted by molar-refractivity contribution is 0.673. The molecule has 2 heteroatoms. The Bertz CT molecular complexity index is 2910. The van der Waals surface area contributed by atoms with E-state index in [0.29, 0.717) is 0 Å². The van der Waals surface area contributed by atoms with Crippen molar-refractivity contribution in [3.63, 3.8) is 0 Å². The van der Waals surface area contributed by atoms with Gasteiger partial charge in [-0.3, -0.25) is 0 Å². The van der Waals surface area contributed by atoms with Crippen LogP contribution >= 0.6 is 0 Å². The van der Waals surface area contributed by atoms with Crippen LogP contribution in [0.3, 0.4) is 0 Å². The van der Waals surface area contributed by atoms with Crippen molar-refractivity contribution in [3.8, 4) is 44.5 Å². The van der Waals surface area contributed by atoms with E-state index in [0.717, 1.165) is 55.5 Å². The predicted molar refractivity (Wildman–Crippen MR) is 228 cm³/mol. The molecular formula is C52H35NO. The molecule has 0 unspecified atom stereocenters. The quantitative estimate of drug-likeness (QED) is 0.166. The second kappa shape index (κ2) is 13.4. The van der Waals surface area contributed by atoms with Crippen LogP contribution < -0.4 is 4.90 Å². The van der Waals surface area contributed by atoms with Gasteiger partial charge in [0.05, 0.1) is 0 Å². The van der Waals surface area contributed by atoms with E-state index in [2.05, 4.69) is 217 Å². The molecule has 0 saturated heterocycles. The molecule has 0 radical (unpaired) electrons. The molecule has 9 aromatic carbocycles. The molecule has 10 aromatic rings. The van der Waals surface area contributed by atoms with Crippen LogP contribution in [0.5, 0.6) is 0 Å². The molecule has 0 aliphatic heterocycles. The van der Waals surface area contributed by atoms with Crippen LogP contribution in [0, 0.1) is 0 Å². The molecule has 0 bridgehead atoms. The summed E-state index contributed by atoms with van der Waals surface area (Å²) < 4.78 is 6.56. The van der Waals surface area contributed by atoms with E-state index in [1.54, 1.807) is 0 Å². The molecule has 1 aromatic heterocycles. The van der Waals surface area contributed by atoms with Gasteiger partial charge in [-0.15, -0.1) is 0 Å². The third-order valence-electron chi connectivity index (χ3n) is 10.5. The van der Waals surface area contributed by atoms with Crippen molar-refractivity contribution in [2.24, 2.45) is 0 Å². The number of furan rings is 1. The third kappa shape index (κ3) is 5.71. The maximum absolute atomic E-state index is 6.56. The number of rotatable bonds is 7. The average molecular weight is 690 g/mol. The van der Waals surface area contributed by atoms with Gasteiger partial charge < -0.3 is 9.32 Å². The minimum atomic E-state index is 0.893. The summed E-state index contributed by atoms with van der Waals surface area (Å²) in [7, 11) is 0. The fourth-order valence-corrected chi connectivity index (χ4v) is 7.80. The Balaban J connectivity index is 1.08. The Labute approximate surface area is 314 Å². The van der Waals surface area contributed by atoms with Gasteiger partial charge in [-0.05, 0) is 104 Å². The van der Waals surface area contributed by atoms with Crippen LogP contribution in [-0.2, 0) is 0 Å². The molecule has 0 fully saturated rings. The van der Waals surface area contributed by atoms with E-state index in [4.69, 9.17) is 4.42 Å². The van der Waals surface area contributed by atoms with Crippen molar-refractivity contribution in [1.29, 1.82) is 0 Å². The van der Waals surface area contributed by atoms with Crippen molar-refractivity contribution in [1.82, 2.24) is 0 Å². The van der Waals surface area contributed by atoms with Crippen LogP contribution in [0.2, 0.25) is 0 Å². The first-order chi connectivity index (χ1) is 26.8. The Morgan fingerprint density at radius 1 is 0.315 bits per heavy atom. The average Bonchev–Trinajstić information content (AvgIpc) is 3.65. The van der Waals surface area contributed by atoms with Crippen molar-refractivity contribution in [2.45, 2.75) is 0 Å². The lowest BCUT2D eigenvalue weighted by Crippen LogP contribution is -2.10. The summed E-state index contributed by atoms with van der Waals surface area (Å²) in [4.78, 5) is 2.35. The van der Waals surface area contributed by atoms with Gasteiger partial charge in [0.25, 0.3) is 0 Å². The number of benzene rings is 9. The molecule has 54 heavy (non-hydrogen) atoms. The predicted octanol–water partition coefficient (Wildman–Crippen LogP) is 14.9. The highest BCUT2D eigenvalue weighted by atomic mass is 16.3. The zero-order chi connectivity index (χ0) is 35.8. The summed E-state index contributed by atoms with van der Waals surface area (Å²) in [5, 5.41) is 4.57. The number of fused-ring (bicyclic) bond motifs is 5. The van der Waals surface area contributed by atoms with Crippen LogP contribution in [0.4, 0.5) is 17.1 Å². The second-order valence-corrected chi connectivity index (χ2v) is 13.7. The van der Waals surface area contributed by atoms with Crippen LogP contribution in [-0.4, -0.2) is 0 Å². The fourth-order valence-electron chi connectivity index (χ4n) is 7.80. The maximum Gasteiger partial charge on any atom is 0.143 e. The topological polar surface area (TPSA) is 16.4 Å². The Hall–Kier alpha value is -7.16. The monoisotopic (exact) mass is 689 g/mol. The number of anilines is 3. The van der Waals surface area contributed by atoms with Crippen LogP contribution in [0.15, 0.2) is 217 Å². The van der Waals surface area contributed by atoms with Gasteiger partial charge in [0.2, 0.25) is 0 Å². The molecule has 0 saturated carbocycles. The van der Waals surface area contributed by atoms with E-state index in [-0.39, 0.29) is 0 Å². The van der Waals surface area contributed by atoms with Crippen molar-refractivity contribution >= 4 is 49.8 Å². The molecule has 0 N–H and O–H groups in total. The molecule has 10 rings (SSSR count). The molecular weight excluding hydrogens is 655 g/mol. The first-order valence-electron chi connectivity index (χ1n) is 18.4. The zero-order valence-electron chi connectivity index (χ0n) is 29.6. The largest absolute Gasteiger partial charge is 0.455 e. The van der Waals surface area contributed by atoms with Gasteiger partial charge in [-0.1, -0.05) is 158 Å². The highest BCUT2D eigenvalue weighted by Crippen LogP contribution is 2.42. The molecule has 0 amide bonds. The van der Waals surface area contributed by atoms with Gasteiger partial charge in [-0.2, -0.15) is 0 Å². The van der Waals surface area contributed by atoms with Gasteiger partial charge in [0.1, 0.15) is 11.2 Å². The summed E-state index contributed by atoms with van der Waals surface area (Å²) in [6.07, 6.45) is 0. The summed E-state index contributed by atoms with van der Waals surface area (Å²) in [5.41, 5.74) is 14.5. The summed E-state index contributed by atoms with van der Waals surface area (Å²) >= 11 is 0. The van der Waals surface area contributed by atoms with Crippen molar-refractivity contribution < 1.29 is 4.42 Å². The van der Waals surface area contributed by atoms with E-state index in [9.17, 15) is 0 Å². The molecule has 0 aliphatic carbocycles. The minimum Gasteiger partial charge on any atom is -0.455 e. The molecule has 2 nitrogen and oxygen atoms in total. The molecule has 254 valence electrons. The molecule has 1 heterocycles. The van der Waals surface area contributed by atoms with Gasteiger partial charge in [0.15, 0.2) is 0 Å². The van der Waals surface area contributed by atoms with E-state index < -0.39 is 0 Å². The smallest absolute Gasteiger partial charge is 0.143 e. The van der Waals surface area contributed by atoms with Crippen molar-refractivity contribution in [3.05, 3.63) is 212 Å². The normalized spacial score (nSPS) is 11.3. The first-order valence-corrected chi connectivity index (χ1v) is 18.4. The molecule has 0 aliphatic rings. The van der Waals surface area contributed by atoms with E-state index in [1.165, 1.54) is 38.8 Å². The lowest BCUT2D eigenvalue weighted by Gasteiger charge is -2.26. The first kappa shape index (κ1) is 31.6. The standard InChI is InChI=1S/C52H35NO/c1-3-12-36(13-4-1)38-24-29-44(30-25-38)53(45-31-26-39(27-32-45)42-18-9-17-41(34-42)37-14-5-2-6-15-37)46-20-10-19-43(35-46)47-22-11-23-50-51(47)49-33-28-40-16-7-8-21-48(40)52(49)54-50/h1-35H. The minimum absolute atomic E-state index is 0.893. The second-order valence-electron chi connectivity index (χ2n) is 13.7. The van der Waals surface area contributed by atoms with E-state index >= 15 is 0 Å². The fraction of sp³-hybridized carbons (Fsp3) is 0. The van der Waals surface area contributed by atoms with Gasteiger partial charge in [-0.25, -0.2) is 0 Å². The zero-order valence-corrected chi connectivity index (χ0v) is 29.6. The highest BCUT2D eigenvalue weighted by Gasteiger charge is 2.18. The molecule has 0 atom stereocenters. The van der Waals surface area contributed by atoms with Gasteiger partial charge in [0, 0.05) is 33.2 Å². The van der Waals surface area contributed by atoms with Gasteiger partial charge >= 0.3 is 0 Å².